The minimum Gasteiger partial charge on any atom is -0.389 e. The SMILES string of the molecule is Cc1nnc(NC2CCC(=O)NC2=O)c(C(N)=S)c1C. The highest BCUT2D eigenvalue weighted by Crippen LogP contribution is 2.20. The highest BCUT2D eigenvalue weighted by Gasteiger charge is 2.28. The molecule has 2 amide bonds. The average Bonchev–Trinajstić information content (AvgIpc) is 2.36. The molecule has 0 spiro atoms. The molecule has 8 heteroatoms. The fraction of sp³-hybridized carbons (Fsp3) is 0.417. The van der Waals surface area contributed by atoms with E-state index in [0.29, 0.717) is 17.8 Å². The number of aryl methyl sites for hydroxylation is 1. The molecule has 1 atom stereocenters. The molecule has 1 aromatic rings. The number of amides is 2. The molecular formula is C12H15N5O2S. The number of rotatable bonds is 3. The molecular weight excluding hydrogens is 278 g/mol. The standard InChI is InChI=1S/C12H15N5O2S/c1-5-6(2)16-17-11(9(5)10(13)20)14-7-3-4-8(18)15-12(7)19/h7H,3-4H2,1-2H3,(H2,13,20)(H,14,17)(H,15,18,19). The first-order valence-electron chi connectivity index (χ1n) is 6.14. The molecule has 1 saturated heterocycles. The van der Waals surface area contributed by atoms with Gasteiger partial charge in [-0.3, -0.25) is 14.9 Å². The van der Waals surface area contributed by atoms with Crippen molar-refractivity contribution in [1.82, 2.24) is 15.5 Å². The van der Waals surface area contributed by atoms with Crippen molar-refractivity contribution in [3.8, 4) is 0 Å². The molecule has 7 nitrogen and oxygen atoms in total. The predicted molar refractivity (Wildman–Crippen MR) is 77.2 cm³/mol. The van der Waals surface area contributed by atoms with Crippen LogP contribution in [0.4, 0.5) is 5.82 Å². The lowest BCUT2D eigenvalue weighted by molar-refractivity contribution is -0.133. The van der Waals surface area contributed by atoms with Crippen LogP contribution in [0.1, 0.15) is 29.7 Å². The molecule has 0 saturated carbocycles. The summed E-state index contributed by atoms with van der Waals surface area (Å²) >= 11 is 5.03. The molecule has 0 bridgehead atoms. The Morgan fingerprint density at radius 2 is 2.10 bits per heavy atom. The second-order valence-electron chi connectivity index (χ2n) is 4.65. The highest BCUT2D eigenvalue weighted by atomic mass is 32.1. The summed E-state index contributed by atoms with van der Waals surface area (Å²) in [5.41, 5.74) is 7.84. The Labute approximate surface area is 121 Å². The van der Waals surface area contributed by atoms with Gasteiger partial charge in [-0.25, -0.2) is 0 Å². The van der Waals surface area contributed by atoms with Gasteiger partial charge in [0.1, 0.15) is 11.0 Å². The van der Waals surface area contributed by atoms with Crippen LogP contribution < -0.4 is 16.4 Å². The van der Waals surface area contributed by atoms with Crippen LogP contribution in [0.2, 0.25) is 0 Å². The van der Waals surface area contributed by atoms with Crippen LogP contribution in [0.5, 0.6) is 0 Å². The maximum atomic E-state index is 11.7. The summed E-state index contributed by atoms with van der Waals surface area (Å²) < 4.78 is 0. The van der Waals surface area contributed by atoms with Crippen LogP contribution >= 0.6 is 12.2 Å². The number of imide groups is 1. The van der Waals surface area contributed by atoms with Crippen molar-refractivity contribution < 1.29 is 9.59 Å². The molecule has 1 fully saturated rings. The molecule has 20 heavy (non-hydrogen) atoms. The van der Waals surface area contributed by atoms with Crippen LogP contribution in [0.3, 0.4) is 0 Å². The highest BCUT2D eigenvalue weighted by molar-refractivity contribution is 7.80. The van der Waals surface area contributed by atoms with Gasteiger partial charge in [0.25, 0.3) is 0 Å². The number of carbonyl (C=O) groups excluding carboxylic acids is 2. The zero-order chi connectivity index (χ0) is 14.9. The third-order valence-electron chi connectivity index (χ3n) is 3.25. The minimum absolute atomic E-state index is 0.190. The van der Waals surface area contributed by atoms with Gasteiger partial charge in [-0.1, -0.05) is 12.2 Å². The van der Waals surface area contributed by atoms with Gasteiger partial charge in [0, 0.05) is 6.42 Å². The summed E-state index contributed by atoms with van der Waals surface area (Å²) in [7, 11) is 0. The molecule has 1 aliphatic heterocycles. The number of nitrogens with two attached hydrogens (primary N) is 1. The van der Waals surface area contributed by atoms with Gasteiger partial charge in [0.05, 0.1) is 11.3 Å². The first kappa shape index (κ1) is 14.3. The van der Waals surface area contributed by atoms with Gasteiger partial charge in [-0.05, 0) is 25.8 Å². The van der Waals surface area contributed by atoms with E-state index in [4.69, 9.17) is 18.0 Å². The average molecular weight is 293 g/mol. The van der Waals surface area contributed by atoms with E-state index >= 15 is 0 Å². The molecule has 1 unspecified atom stereocenters. The molecule has 1 aliphatic rings. The van der Waals surface area contributed by atoms with Crippen molar-refractivity contribution in [3.05, 3.63) is 16.8 Å². The van der Waals surface area contributed by atoms with E-state index in [9.17, 15) is 9.59 Å². The summed E-state index contributed by atoms with van der Waals surface area (Å²) in [5.74, 6) is -0.279. The molecule has 0 aromatic carbocycles. The number of aromatic nitrogens is 2. The fourth-order valence-electron chi connectivity index (χ4n) is 2.01. The largest absolute Gasteiger partial charge is 0.389 e. The summed E-state index contributed by atoms with van der Waals surface area (Å²) in [6.45, 7) is 3.65. The zero-order valence-corrected chi connectivity index (χ0v) is 12.0. The first-order chi connectivity index (χ1) is 9.40. The third-order valence-corrected chi connectivity index (χ3v) is 3.46. The quantitative estimate of drug-likeness (QED) is 0.529. The molecule has 2 heterocycles. The van der Waals surface area contributed by atoms with E-state index in [2.05, 4.69) is 20.8 Å². The monoisotopic (exact) mass is 293 g/mol. The lowest BCUT2D eigenvalue weighted by atomic mass is 10.0. The summed E-state index contributed by atoms with van der Waals surface area (Å²) in [4.78, 5) is 23.0. The lowest BCUT2D eigenvalue weighted by Gasteiger charge is -2.23. The molecule has 2 rings (SSSR count). The summed E-state index contributed by atoms with van der Waals surface area (Å²) in [6, 6.07) is -0.544. The van der Waals surface area contributed by atoms with Crippen molar-refractivity contribution in [2.45, 2.75) is 32.7 Å². The maximum Gasteiger partial charge on any atom is 0.249 e. The molecule has 4 N–H and O–H groups in total. The Morgan fingerprint density at radius 3 is 2.70 bits per heavy atom. The number of piperidine rings is 1. The lowest BCUT2D eigenvalue weighted by Crippen LogP contribution is -2.47. The topological polar surface area (TPSA) is 110 Å². The first-order valence-corrected chi connectivity index (χ1v) is 6.55. The van der Waals surface area contributed by atoms with E-state index < -0.39 is 6.04 Å². The normalized spacial score (nSPS) is 18.6. The van der Waals surface area contributed by atoms with E-state index in [1.807, 2.05) is 6.92 Å². The number of nitrogens with zero attached hydrogens (tertiary/aromatic N) is 2. The van der Waals surface area contributed by atoms with E-state index in [-0.39, 0.29) is 23.2 Å². The Bertz CT molecular complexity index is 602. The van der Waals surface area contributed by atoms with Crippen LogP contribution in [0.15, 0.2) is 0 Å². The van der Waals surface area contributed by atoms with Gasteiger partial charge >= 0.3 is 0 Å². The maximum absolute atomic E-state index is 11.7. The van der Waals surface area contributed by atoms with Crippen LogP contribution in [-0.2, 0) is 9.59 Å². The van der Waals surface area contributed by atoms with Gasteiger partial charge in [0.15, 0.2) is 5.82 Å². The molecule has 106 valence electrons. The van der Waals surface area contributed by atoms with Gasteiger partial charge in [-0.2, -0.15) is 5.10 Å². The van der Waals surface area contributed by atoms with Gasteiger partial charge in [0.2, 0.25) is 11.8 Å². The van der Waals surface area contributed by atoms with Crippen molar-refractivity contribution in [2.75, 3.05) is 5.32 Å². The van der Waals surface area contributed by atoms with Crippen LogP contribution in [-0.4, -0.2) is 33.0 Å². The number of thiocarbonyl (C=S) groups is 1. The van der Waals surface area contributed by atoms with Crippen LogP contribution in [0, 0.1) is 13.8 Å². The number of anilines is 1. The van der Waals surface area contributed by atoms with Crippen molar-refractivity contribution >= 4 is 34.8 Å². The Morgan fingerprint density at radius 1 is 1.40 bits per heavy atom. The number of carbonyl (C=O) groups is 2. The molecule has 0 radical (unpaired) electrons. The smallest absolute Gasteiger partial charge is 0.249 e. The van der Waals surface area contributed by atoms with E-state index in [1.54, 1.807) is 6.92 Å². The molecule has 1 aromatic heterocycles. The minimum atomic E-state index is -0.544. The summed E-state index contributed by atoms with van der Waals surface area (Å²) in [5, 5.41) is 13.3. The van der Waals surface area contributed by atoms with E-state index in [1.165, 1.54) is 0 Å². The Kier molecular flexibility index (Phi) is 3.93. The van der Waals surface area contributed by atoms with E-state index in [0.717, 1.165) is 11.3 Å². The predicted octanol–water partition coefficient (Wildman–Crippen LogP) is -0.0553. The second kappa shape index (κ2) is 5.49. The number of hydrogen-bond acceptors (Lipinski definition) is 6. The van der Waals surface area contributed by atoms with Crippen LogP contribution in [0.25, 0.3) is 0 Å². The zero-order valence-electron chi connectivity index (χ0n) is 11.2. The summed E-state index contributed by atoms with van der Waals surface area (Å²) in [6.07, 6.45) is 0.681. The number of hydrogen-bond donors (Lipinski definition) is 3. The van der Waals surface area contributed by atoms with Gasteiger partial charge in [-0.15, -0.1) is 5.10 Å². The van der Waals surface area contributed by atoms with Crippen molar-refractivity contribution in [1.29, 1.82) is 0 Å². The van der Waals surface area contributed by atoms with Crippen molar-refractivity contribution in [2.24, 2.45) is 5.73 Å². The fourth-order valence-corrected chi connectivity index (χ4v) is 2.26. The second-order valence-corrected chi connectivity index (χ2v) is 5.09. The Balaban J connectivity index is 2.30. The van der Waals surface area contributed by atoms with Gasteiger partial charge < -0.3 is 11.1 Å². The Hall–Kier alpha value is -2.09. The van der Waals surface area contributed by atoms with Crippen molar-refractivity contribution in [3.63, 3.8) is 0 Å². The number of nitrogens with one attached hydrogen (secondary N) is 2. The molecule has 0 aliphatic carbocycles. The third kappa shape index (κ3) is 2.74.